The number of carbonyl (C=O) groups excluding carboxylic acids is 2. The molecule has 2 N–H and O–H groups in total. The molecule has 0 spiro atoms. The number of benzene rings is 1. The molecule has 1 atom stereocenters. The van der Waals surface area contributed by atoms with E-state index in [-0.39, 0.29) is 18.4 Å². The van der Waals surface area contributed by atoms with Crippen LogP contribution in [0.3, 0.4) is 0 Å². The molecule has 20 heavy (non-hydrogen) atoms. The van der Waals surface area contributed by atoms with E-state index in [1.165, 1.54) is 0 Å². The van der Waals surface area contributed by atoms with Crippen molar-refractivity contribution >= 4 is 27.7 Å². The van der Waals surface area contributed by atoms with E-state index >= 15 is 0 Å². The lowest BCUT2D eigenvalue weighted by Crippen LogP contribution is -2.46. The Morgan fingerprint density at radius 2 is 2.05 bits per heavy atom. The summed E-state index contributed by atoms with van der Waals surface area (Å²) in [6, 6.07) is 6.93. The molecule has 0 radical (unpaired) electrons. The highest BCUT2D eigenvalue weighted by atomic mass is 79.9. The molecule has 1 aliphatic heterocycles. The number of amides is 2. The van der Waals surface area contributed by atoms with Gasteiger partial charge in [-0.25, -0.2) is 0 Å². The number of halogens is 1. The molecule has 1 aromatic rings. The second kappa shape index (κ2) is 6.85. The minimum atomic E-state index is -0.449. The summed E-state index contributed by atoms with van der Waals surface area (Å²) < 4.78 is 0.896. The molecule has 0 aromatic heterocycles. The average molecular weight is 341 g/mol. The molecule has 1 saturated heterocycles. The first-order valence-corrected chi connectivity index (χ1v) is 7.35. The Morgan fingerprint density at radius 1 is 1.35 bits per heavy atom. The van der Waals surface area contributed by atoms with Gasteiger partial charge in [-0.3, -0.25) is 9.59 Å². The van der Waals surface area contributed by atoms with Crippen LogP contribution < -0.4 is 5.32 Å². The Kier molecular flexibility index (Phi) is 5.14. The first-order chi connectivity index (χ1) is 9.56. The van der Waals surface area contributed by atoms with Crippen molar-refractivity contribution in [2.45, 2.75) is 18.9 Å². The zero-order valence-electron chi connectivity index (χ0n) is 11.0. The maximum Gasteiger partial charge on any atom is 0.251 e. The van der Waals surface area contributed by atoms with E-state index in [0.717, 1.165) is 17.3 Å². The van der Waals surface area contributed by atoms with Crippen LogP contribution in [0, 0.1) is 0 Å². The largest absolute Gasteiger partial charge is 0.391 e. The number of hydrogen-bond donors (Lipinski definition) is 2. The van der Waals surface area contributed by atoms with Crippen molar-refractivity contribution in [1.29, 1.82) is 0 Å². The Balaban J connectivity index is 1.83. The number of nitrogens with zero attached hydrogens (tertiary/aromatic N) is 1. The third-order valence-corrected chi connectivity index (χ3v) is 3.78. The normalized spacial score (nSPS) is 18.7. The van der Waals surface area contributed by atoms with Crippen molar-refractivity contribution in [2.24, 2.45) is 0 Å². The Bertz CT molecular complexity index is 490. The number of piperidine rings is 1. The highest BCUT2D eigenvalue weighted by Crippen LogP contribution is 2.11. The maximum atomic E-state index is 11.9. The van der Waals surface area contributed by atoms with Gasteiger partial charge in [-0.15, -0.1) is 0 Å². The number of likely N-dealkylation sites (tertiary alicyclic amines) is 1. The number of β-amino-alcohol motifs (C(OH)–C–C–N with tert-alkyl or cyclic N) is 1. The molecule has 0 saturated carbocycles. The lowest BCUT2D eigenvalue weighted by Gasteiger charge is -2.30. The first kappa shape index (κ1) is 15.0. The second-order valence-electron chi connectivity index (χ2n) is 4.83. The van der Waals surface area contributed by atoms with Gasteiger partial charge in [-0.05, 0) is 37.1 Å². The molecule has 1 aromatic carbocycles. The average Bonchev–Trinajstić information content (AvgIpc) is 2.45. The molecule has 1 aliphatic rings. The van der Waals surface area contributed by atoms with E-state index in [2.05, 4.69) is 21.2 Å². The Labute approximate surface area is 126 Å². The summed E-state index contributed by atoms with van der Waals surface area (Å²) in [7, 11) is 0. The van der Waals surface area contributed by atoms with E-state index in [9.17, 15) is 14.7 Å². The van der Waals surface area contributed by atoms with Crippen LogP contribution >= 0.6 is 15.9 Å². The van der Waals surface area contributed by atoms with Crippen LogP contribution in [0.25, 0.3) is 0 Å². The van der Waals surface area contributed by atoms with Gasteiger partial charge in [0.25, 0.3) is 5.91 Å². The summed E-state index contributed by atoms with van der Waals surface area (Å²) in [5, 5.41) is 12.1. The topological polar surface area (TPSA) is 69.6 Å². The predicted molar refractivity (Wildman–Crippen MR) is 78.3 cm³/mol. The highest BCUT2D eigenvalue weighted by molar-refractivity contribution is 9.10. The third kappa shape index (κ3) is 4.05. The number of rotatable bonds is 3. The molecule has 5 nitrogen and oxygen atoms in total. The zero-order chi connectivity index (χ0) is 14.5. The summed E-state index contributed by atoms with van der Waals surface area (Å²) in [5.41, 5.74) is 0.514. The van der Waals surface area contributed by atoms with Crippen LogP contribution in [0.2, 0.25) is 0 Å². The minimum absolute atomic E-state index is 0.0401. The van der Waals surface area contributed by atoms with Gasteiger partial charge in [-0.2, -0.15) is 0 Å². The van der Waals surface area contributed by atoms with Gasteiger partial charge in [0, 0.05) is 23.1 Å². The molecule has 2 rings (SSSR count). The van der Waals surface area contributed by atoms with Gasteiger partial charge < -0.3 is 15.3 Å². The van der Waals surface area contributed by atoms with Crippen molar-refractivity contribution in [3.05, 3.63) is 34.3 Å². The van der Waals surface area contributed by atoms with Gasteiger partial charge in [-0.1, -0.05) is 15.9 Å². The van der Waals surface area contributed by atoms with E-state index in [0.29, 0.717) is 18.7 Å². The Hall–Kier alpha value is -1.40. The van der Waals surface area contributed by atoms with E-state index in [1.807, 2.05) is 0 Å². The van der Waals surface area contributed by atoms with Gasteiger partial charge in [0.15, 0.2) is 0 Å². The standard InChI is InChI=1S/C14H17BrN2O3/c15-11-5-3-10(4-6-11)14(20)16-8-13(19)17-7-1-2-12(18)9-17/h3-6,12,18H,1-2,7-9H2,(H,16,20)/t12-/m0/s1. The molecule has 0 bridgehead atoms. The lowest BCUT2D eigenvalue weighted by molar-refractivity contribution is -0.133. The summed E-state index contributed by atoms with van der Waals surface area (Å²) >= 11 is 3.30. The monoisotopic (exact) mass is 340 g/mol. The van der Waals surface area contributed by atoms with Crippen LogP contribution in [0.5, 0.6) is 0 Å². The molecule has 2 amide bonds. The molecular formula is C14H17BrN2O3. The summed E-state index contributed by atoms with van der Waals surface area (Å²) in [6.07, 6.45) is 1.08. The SMILES string of the molecule is O=C(NCC(=O)N1CCC[C@H](O)C1)c1ccc(Br)cc1. The zero-order valence-corrected chi connectivity index (χ0v) is 12.6. The number of carbonyl (C=O) groups is 2. The molecule has 6 heteroatoms. The van der Waals surface area contributed by atoms with Crippen LogP contribution in [-0.2, 0) is 4.79 Å². The highest BCUT2D eigenvalue weighted by Gasteiger charge is 2.22. The minimum Gasteiger partial charge on any atom is -0.391 e. The molecule has 1 fully saturated rings. The maximum absolute atomic E-state index is 11.9. The number of aliphatic hydroxyl groups is 1. The fourth-order valence-corrected chi connectivity index (χ4v) is 2.42. The molecular weight excluding hydrogens is 324 g/mol. The van der Waals surface area contributed by atoms with E-state index in [4.69, 9.17) is 0 Å². The summed E-state index contributed by atoms with van der Waals surface area (Å²) in [6.45, 7) is 0.957. The molecule has 108 valence electrons. The number of nitrogens with one attached hydrogen (secondary N) is 1. The smallest absolute Gasteiger partial charge is 0.251 e. The fourth-order valence-electron chi connectivity index (χ4n) is 2.15. The third-order valence-electron chi connectivity index (χ3n) is 3.26. The molecule has 0 aliphatic carbocycles. The Morgan fingerprint density at radius 3 is 2.70 bits per heavy atom. The van der Waals surface area contributed by atoms with Crippen LogP contribution in [0.4, 0.5) is 0 Å². The predicted octanol–water partition coefficient (Wildman–Crippen LogP) is 1.16. The fraction of sp³-hybridized carbons (Fsp3) is 0.429. The van der Waals surface area contributed by atoms with Crippen LogP contribution in [-0.4, -0.2) is 47.6 Å². The van der Waals surface area contributed by atoms with Gasteiger partial charge in [0.1, 0.15) is 0 Å². The van der Waals surface area contributed by atoms with Gasteiger partial charge in [0.2, 0.25) is 5.91 Å². The van der Waals surface area contributed by atoms with Crippen molar-refractivity contribution in [3.8, 4) is 0 Å². The van der Waals surface area contributed by atoms with Gasteiger partial charge >= 0.3 is 0 Å². The summed E-state index contributed by atoms with van der Waals surface area (Å²) in [5.74, 6) is -0.433. The lowest BCUT2D eigenvalue weighted by atomic mass is 10.1. The van der Waals surface area contributed by atoms with E-state index < -0.39 is 6.10 Å². The van der Waals surface area contributed by atoms with Crippen molar-refractivity contribution in [1.82, 2.24) is 10.2 Å². The van der Waals surface area contributed by atoms with Crippen LogP contribution in [0.15, 0.2) is 28.7 Å². The number of aliphatic hydroxyl groups excluding tert-OH is 1. The van der Waals surface area contributed by atoms with E-state index in [1.54, 1.807) is 29.2 Å². The summed E-state index contributed by atoms with van der Waals surface area (Å²) in [4.78, 5) is 25.4. The molecule has 0 unspecified atom stereocenters. The van der Waals surface area contributed by atoms with Crippen molar-refractivity contribution in [3.63, 3.8) is 0 Å². The van der Waals surface area contributed by atoms with Crippen LogP contribution in [0.1, 0.15) is 23.2 Å². The van der Waals surface area contributed by atoms with Crippen molar-refractivity contribution in [2.75, 3.05) is 19.6 Å². The number of hydrogen-bond acceptors (Lipinski definition) is 3. The quantitative estimate of drug-likeness (QED) is 0.867. The first-order valence-electron chi connectivity index (χ1n) is 6.56. The van der Waals surface area contributed by atoms with Gasteiger partial charge in [0.05, 0.1) is 12.6 Å². The second-order valence-corrected chi connectivity index (χ2v) is 5.74. The molecule has 1 heterocycles. The van der Waals surface area contributed by atoms with Crippen molar-refractivity contribution < 1.29 is 14.7 Å².